The Morgan fingerprint density at radius 2 is 1.70 bits per heavy atom. The van der Waals surface area contributed by atoms with E-state index >= 15 is 0 Å². The Bertz CT molecular complexity index is 1220. The van der Waals surface area contributed by atoms with Gasteiger partial charge in [-0.25, -0.2) is 13.2 Å². The molecule has 0 spiro atoms. The van der Waals surface area contributed by atoms with Crippen LogP contribution in [0.4, 0.5) is 10.5 Å². The fourth-order valence-electron chi connectivity index (χ4n) is 7.07. The molecule has 3 atom stereocenters. The zero-order valence-corrected chi connectivity index (χ0v) is 23.0. The molecule has 1 saturated heterocycles. The smallest absolute Gasteiger partial charge is 0.407 e. The van der Waals surface area contributed by atoms with Gasteiger partial charge in [-0.2, -0.15) is 4.31 Å². The van der Waals surface area contributed by atoms with Gasteiger partial charge in [0.25, 0.3) is 0 Å². The third-order valence-electron chi connectivity index (χ3n) is 9.46. The molecule has 2 aliphatic carbocycles. The number of carbonyl (C=O) groups excluding carboxylic acids is 1. The summed E-state index contributed by atoms with van der Waals surface area (Å²) in [5.41, 5.74) is 2.62. The Morgan fingerprint density at radius 1 is 1.03 bits per heavy atom. The summed E-state index contributed by atoms with van der Waals surface area (Å²) >= 11 is 0. The number of anilines is 1. The normalized spacial score (nSPS) is 27.3. The molecule has 2 aromatic rings. The summed E-state index contributed by atoms with van der Waals surface area (Å²) in [4.78, 5) is 15.0. The number of nitrogens with zero attached hydrogens (tertiary/aromatic N) is 2. The summed E-state index contributed by atoms with van der Waals surface area (Å²) in [5, 5.41) is 3.08. The zero-order valence-electron chi connectivity index (χ0n) is 22.2. The molecule has 0 unspecified atom stereocenters. The van der Waals surface area contributed by atoms with Crippen molar-refractivity contribution >= 4 is 21.8 Å². The highest BCUT2D eigenvalue weighted by atomic mass is 32.2. The van der Waals surface area contributed by atoms with Crippen LogP contribution >= 0.6 is 0 Å². The number of para-hydroxylation sites is 1. The molecule has 1 amide bonds. The third-order valence-corrected chi connectivity index (χ3v) is 11.5. The summed E-state index contributed by atoms with van der Waals surface area (Å²) in [6.45, 7) is 8.98. The van der Waals surface area contributed by atoms with Gasteiger partial charge in [-0.1, -0.05) is 62.4 Å². The van der Waals surface area contributed by atoms with Crippen LogP contribution in [0, 0.1) is 23.7 Å². The molecule has 0 radical (unpaired) electrons. The number of alkyl carbamates (subject to hydrolysis) is 1. The molecule has 7 nitrogen and oxygen atoms in total. The second-order valence-electron chi connectivity index (χ2n) is 11.5. The summed E-state index contributed by atoms with van der Waals surface area (Å²) in [5.74, 6) is 0.456. The van der Waals surface area contributed by atoms with Crippen molar-refractivity contribution in [2.75, 3.05) is 36.8 Å². The van der Waals surface area contributed by atoms with E-state index < -0.39 is 21.5 Å². The molecule has 37 heavy (non-hydrogen) atoms. The topological polar surface area (TPSA) is 79.0 Å². The van der Waals surface area contributed by atoms with Gasteiger partial charge in [0, 0.05) is 43.3 Å². The van der Waals surface area contributed by atoms with Crippen LogP contribution in [0.1, 0.15) is 44.2 Å². The molecule has 2 aromatic carbocycles. The van der Waals surface area contributed by atoms with Crippen molar-refractivity contribution < 1.29 is 17.9 Å². The van der Waals surface area contributed by atoms with Gasteiger partial charge in [-0.15, -0.1) is 0 Å². The highest BCUT2D eigenvalue weighted by Gasteiger charge is 2.66. The second-order valence-corrected chi connectivity index (χ2v) is 13.5. The Kier molecular flexibility index (Phi) is 7.00. The number of nitrogens with one attached hydrogen (secondary N) is 1. The van der Waals surface area contributed by atoms with Crippen LogP contribution in [0.5, 0.6) is 0 Å². The molecule has 2 saturated carbocycles. The van der Waals surface area contributed by atoms with E-state index in [-0.39, 0.29) is 23.8 Å². The Balaban J connectivity index is 1.26. The number of piperazine rings is 1. The first-order valence-corrected chi connectivity index (χ1v) is 15.0. The monoisotopic (exact) mass is 525 g/mol. The van der Waals surface area contributed by atoms with Crippen LogP contribution < -0.4 is 10.2 Å². The summed E-state index contributed by atoms with van der Waals surface area (Å²) in [7, 11) is -3.51. The lowest BCUT2D eigenvalue weighted by atomic mass is 9.69. The predicted molar refractivity (Wildman–Crippen MR) is 146 cm³/mol. The lowest BCUT2D eigenvalue weighted by Crippen LogP contribution is -2.56. The average Bonchev–Trinajstić information content (AvgIpc) is 3.23. The van der Waals surface area contributed by atoms with E-state index in [4.69, 9.17) is 4.74 Å². The van der Waals surface area contributed by atoms with E-state index in [9.17, 15) is 13.2 Å². The Hall–Kier alpha value is -2.58. The molecule has 1 aliphatic heterocycles. The number of hydrogen-bond donors (Lipinski definition) is 1. The van der Waals surface area contributed by atoms with Crippen LogP contribution in [0.3, 0.4) is 0 Å². The van der Waals surface area contributed by atoms with E-state index in [1.165, 1.54) is 11.3 Å². The van der Waals surface area contributed by atoms with Crippen molar-refractivity contribution in [1.29, 1.82) is 0 Å². The maximum Gasteiger partial charge on any atom is 0.407 e. The zero-order chi connectivity index (χ0) is 26.3. The highest BCUT2D eigenvalue weighted by Crippen LogP contribution is 2.66. The van der Waals surface area contributed by atoms with Crippen LogP contribution in [0.25, 0.3) is 0 Å². The van der Waals surface area contributed by atoms with Crippen LogP contribution in [0.2, 0.25) is 0 Å². The van der Waals surface area contributed by atoms with Gasteiger partial charge < -0.3 is 15.0 Å². The first-order valence-electron chi connectivity index (χ1n) is 13.4. The SMILES string of the molecule is Cc1ccccc1N1CCN(S(=O)(=O)C[C@@]23CC[C@@H](C[C@H]2NC(=O)OCc2ccccc2)C3(C)C)CC1. The van der Waals surface area contributed by atoms with Crippen molar-refractivity contribution in [1.82, 2.24) is 9.62 Å². The average molecular weight is 526 g/mol. The molecule has 200 valence electrons. The van der Waals surface area contributed by atoms with Gasteiger partial charge in [0.05, 0.1) is 5.75 Å². The first kappa shape index (κ1) is 26.0. The minimum absolute atomic E-state index is 0.0670. The second kappa shape index (κ2) is 9.95. The highest BCUT2D eigenvalue weighted by molar-refractivity contribution is 7.89. The van der Waals surface area contributed by atoms with Crippen LogP contribution in [-0.4, -0.2) is 56.8 Å². The molecule has 1 heterocycles. The number of sulfonamides is 1. The lowest BCUT2D eigenvalue weighted by molar-refractivity contribution is 0.100. The minimum Gasteiger partial charge on any atom is -0.445 e. The van der Waals surface area contributed by atoms with E-state index in [2.05, 4.69) is 43.1 Å². The molecular formula is C29H39N3O4S. The number of hydrogen-bond acceptors (Lipinski definition) is 5. The summed E-state index contributed by atoms with van der Waals surface area (Å²) in [6.07, 6.45) is 2.13. The Labute approximate surface area is 221 Å². The molecule has 8 heteroatoms. The van der Waals surface area contributed by atoms with Crippen molar-refractivity contribution in [3.8, 4) is 0 Å². The summed E-state index contributed by atoms with van der Waals surface area (Å²) < 4.78 is 34.8. The minimum atomic E-state index is -3.51. The standard InChI is InChI=1S/C29H39N3O4S/c1-22-9-7-8-12-25(22)31-15-17-32(18-16-31)37(34,35)21-29-14-13-24(28(29,2)3)19-26(29)30-27(33)36-20-23-10-5-4-6-11-23/h4-12,24,26H,13-21H2,1-3H3,(H,30,33)/t24-,26+,29-/m0/s1. The number of ether oxygens (including phenoxy) is 1. The van der Waals surface area contributed by atoms with Gasteiger partial charge in [-0.05, 0) is 54.7 Å². The summed E-state index contributed by atoms with van der Waals surface area (Å²) in [6, 6.07) is 17.6. The van der Waals surface area contributed by atoms with Gasteiger partial charge in [0.2, 0.25) is 10.0 Å². The third kappa shape index (κ3) is 4.86. The first-order chi connectivity index (χ1) is 17.6. The van der Waals surface area contributed by atoms with Crippen molar-refractivity contribution in [2.24, 2.45) is 16.7 Å². The van der Waals surface area contributed by atoms with Gasteiger partial charge in [0.15, 0.2) is 0 Å². The predicted octanol–water partition coefficient (Wildman–Crippen LogP) is 4.57. The van der Waals surface area contributed by atoms with E-state index in [0.29, 0.717) is 32.1 Å². The lowest BCUT2D eigenvalue weighted by Gasteiger charge is -2.44. The molecule has 2 bridgehead atoms. The number of aryl methyl sites for hydroxylation is 1. The molecule has 0 aromatic heterocycles. The number of amides is 1. The maximum absolute atomic E-state index is 13.8. The molecular weight excluding hydrogens is 486 g/mol. The van der Waals surface area contributed by atoms with Gasteiger partial charge >= 0.3 is 6.09 Å². The maximum atomic E-state index is 13.8. The van der Waals surface area contributed by atoms with Crippen molar-refractivity contribution in [3.63, 3.8) is 0 Å². The van der Waals surface area contributed by atoms with Gasteiger partial charge in [-0.3, -0.25) is 0 Å². The molecule has 3 aliphatic rings. The fraction of sp³-hybridized carbons (Fsp3) is 0.552. The Morgan fingerprint density at radius 3 is 2.38 bits per heavy atom. The molecule has 3 fully saturated rings. The van der Waals surface area contributed by atoms with Crippen molar-refractivity contribution in [2.45, 2.75) is 52.7 Å². The van der Waals surface area contributed by atoms with Crippen molar-refractivity contribution in [3.05, 3.63) is 65.7 Å². The molecule has 5 rings (SSSR count). The fourth-order valence-corrected chi connectivity index (χ4v) is 9.34. The van der Waals surface area contributed by atoms with E-state index in [0.717, 1.165) is 24.8 Å². The quantitative estimate of drug-likeness (QED) is 0.573. The largest absolute Gasteiger partial charge is 0.445 e. The number of benzene rings is 2. The van der Waals surface area contributed by atoms with Crippen LogP contribution in [-0.2, 0) is 21.4 Å². The number of carbonyl (C=O) groups is 1. The molecule has 1 N–H and O–H groups in total. The number of rotatable bonds is 7. The van der Waals surface area contributed by atoms with E-state index in [1.807, 2.05) is 42.5 Å². The van der Waals surface area contributed by atoms with E-state index in [1.54, 1.807) is 4.31 Å². The van der Waals surface area contributed by atoms with Crippen LogP contribution in [0.15, 0.2) is 54.6 Å². The van der Waals surface area contributed by atoms with Gasteiger partial charge in [0.1, 0.15) is 6.61 Å². The number of fused-ring (bicyclic) bond motifs is 2.